The quantitative estimate of drug-likeness (QED) is 0.735. The van der Waals surface area contributed by atoms with Gasteiger partial charge in [-0.2, -0.15) is 0 Å². The third kappa shape index (κ3) is 3.27. The van der Waals surface area contributed by atoms with Gasteiger partial charge in [0, 0.05) is 6.04 Å². The molecular weight excluding hydrogens is 278 g/mol. The summed E-state index contributed by atoms with van der Waals surface area (Å²) in [6.45, 7) is 5.53. The number of ketones is 1. The lowest BCUT2D eigenvalue weighted by atomic mass is 9.84. The minimum absolute atomic E-state index is 0.0383. The lowest BCUT2D eigenvalue weighted by Gasteiger charge is -2.34. The summed E-state index contributed by atoms with van der Waals surface area (Å²) in [7, 11) is 0. The highest BCUT2D eigenvalue weighted by atomic mass is 35.5. The van der Waals surface area contributed by atoms with E-state index in [1.807, 2.05) is 20.8 Å². The van der Waals surface area contributed by atoms with Crippen LogP contribution in [0, 0.1) is 5.92 Å². The number of Topliss-reactive ketones (excluding diaryl/α,β-unsaturated/α-hetero) is 1. The van der Waals surface area contributed by atoms with Crippen molar-refractivity contribution < 1.29 is 14.3 Å². The van der Waals surface area contributed by atoms with Crippen LogP contribution in [-0.2, 0) is 9.53 Å². The van der Waals surface area contributed by atoms with Gasteiger partial charge in [0.1, 0.15) is 5.60 Å². The van der Waals surface area contributed by atoms with Gasteiger partial charge in [-0.1, -0.05) is 12.8 Å². The first-order chi connectivity index (χ1) is 9.33. The zero-order valence-corrected chi connectivity index (χ0v) is 13.3. The second-order valence-electron chi connectivity index (χ2n) is 6.85. The van der Waals surface area contributed by atoms with Crippen molar-refractivity contribution in [2.45, 2.75) is 70.6 Å². The molecule has 2 rings (SSSR count). The maximum atomic E-state index is 12.5. The number of carbonyl (C=O) groups excluding carboxylic acids is 2. The molecule has 20 heavy (non-hydrogen) atoms. The number of amides is 1. The minimum Gasteiger partial charge on any atom is -0.444 e. The lowest BCUT2D eigenvalue weighted by Crippen LogP contribution is -2.48. The van der Waals surface area contributed by atoms with Crippen LogP contribution < -0.4 is 0 Å². The van der Waals surface area contributed by atoms with Crippen LogP contribution >= 0.6 is 11.6 Å². The van der Waals surface area contributed by atoms with Crippen molar-refractivity contribution >= 4 is 23.5 Å². The number of fused-ring (bicyclic) bond motifs is 1. The van der Waals surface area contributed by atoms with Gasteiger partial charge in [0.2, 0.25) is 0 Å². The normalized spacial score (nSPS) is 30.0. The molecule has 0 bridgehead atoms. The van der Waals surface area contributed by atoms with E-state index in [1.54, 1.807) is 4.90 Å². The Hall–Kier alpha value is -0.770. The largest absolute Gasteiger partial charge is 0.444 e. The summed E-state index contributed by atoms with van der Waals surface area (Å²) in [6.07, 6.45) is 4.74. The zero-order valence-electron chi connectivity index (χ0n) is 12.5. The fourth-order valence-corrected chi connectivity index (χ4v) is 3.59. The van der Waals surface area contributed by atoms with Crippen molar-refractivity contribution in [1.82, 2.24) is 4.90 Å². The first-order valence-electron chi connectivity index (χ1n) is 7.43. The van der Waals surface area contributed by atoms with E-state index in [-0.39, 0.29) is 23.8 Å². The number of ether oxygens (including phenoxy) is 1. The highest BCUT2D eigenvalue weighted by Crippen LogP contribution is 2.40. The van der Waals surface area contributed by atoms with Gasteiger partial charge in [-0.15, -0.1) is 11.6 Å². The second-order valence-corrected chi connectivity index (χ2v) is 7.12. The number of carbonyl (C=O) groups is 2. The Morgan fingerprint density at radius 1 is 1.25 bits per heavy atom. The molecule has 1 saturated carbocycles. The number of hydrogen-bond donors (Lipinski definition) is 0. The van der Waals surface area contributed by atoms with Crippen LogP contribution in [0.25, 0.3) is 0 Å². The predicted molar refractivity (Wildman–Crippen MR) is 78.0 cm³/mol. The molecule has 4 nitrogen and oxygen atoms in total. The first kappa shape index (κ1) is 15.6. The van der Waals surface area contributed by atoms with Gasteiger partial charge in [0.25, 0.3) is 0 Å². The highest BCUT2D eigenvalue weighted by Gasteiger charge is 2.48. The Labute approximate surface area is 125 Å². The monoisotopic (exact) mass is 301 g/mol. The molecule has 114 valence electrons. The SMILES string of the molecule is CC(C)(C)OC(=O)N1C2CCCCC2C[C@@H]1C(=O)CCl. The molecule has 1 amide bonds. The van der Waals surface area contributed by atoms with Crippen LogP contribution in [0.1, 0.15) is 52.9 Å². The number of alkyl halides is 1. The molecule has 1 saturated heterocycles. The molecule has 0 spiro atoms. The van der Waals surface area contributed by atoms with Gasteiger partial charge in [0.05, 0.1) is 11.9 Å². The van der Waals surface area contributed by atoms with E-state index in [4.69, 9.17) is 16.3 Å². The van der Waals surface area contributed by atoms with Crippen molar-refractivity contribution in [1.29, 1.82) is 0 Å². The molecule has 2 aliphatic rings. The summed E-state index contributed by atoms with van der Waals surface area (Å²) in [4.78, 5) is 26.2. The van der Waals surface area contributed by atoms with E-state index in [2.05, 4.69) is 0 Å². The Morgan fingerprint density at radius 3 is 2.50 bits per heavy atom. The van der Waals surface area contributed by atoms with Gasteiger partial charge in [-0.3, -0.25) is 9.69 Å². The summed E-state index contributed by atoms with van der Waals surface area (Å²) >= 11 is 5.70. The maximum absolute atomic E-state index is 12.5. The smallest absolute Gasteiger partial charge is 0.411 e. The van der Waals surface area contributed by atoms with Gasteiger partial charge in [0.15, 0.2) is 5.78 Å². The first-order valence-corrected chi connectivity index (χ1v) is 7.97. The number of rotatable bonds is 2. The Balaban J connectivity index is 2.19. The average Bonchev–Trinajstić information content (AvgIpc) is 2.75. The zero-order chi connectivity index (χ0) is 14.9. The summed E-state index contributed by atoms with van der Waals surface area (Å²) in [5, 5.41) is 0. The van der Waals surface area contributed by atoms with E-state index in [9.17, 15) is 9.59 Å². The van der Waals surface area contributed by atoms with Crippen LogP contribution in [0.4, 0.5) is 4.79 Å². The second kappa shape index (κ2) is 5.92. The molecule has 1 aliphatic heterocycles. The summed E-state index contributed by atoms with van der Waals surface area (Å²) in [5.74, 6) is 0.323. The topological polar surface area (TPSA) is 46.6 Å². The van der Waals surface area contributed by atoms with Crippen molar-refractivity contribution in [3.05, 3.63) is 0 Å². The molecule has 0 aromatic heterocycles. The van der Waals surface area contributed by atoms with Gasteiger partial charge in [-0.05, 0) is 46.0 Å². The van der Waals surface area contributed by atoms with Crippen molar-refractivity contribution in [2.24, 2.45) is 5.92 Å². The summed E-state index contributed by atoms with van der Waals surface area (Å²) in [5.41, 5.74) is -0.543. The van der Waals surface area contributed by atoms with Crippen molar-refractivity contribution in [2.75, 3.05) is 5.88 Å². The third-order valence-electron chi connectivity index (χ3n) is 4.20. The van der Waals surface area contributed by atoms with E-state index >= 15 is 0 Å². The van der Waals surface area contributed by atoms with Crippen molar-refractivity contribution in [3.63, 3.8) is 0 Å². The molecule has 5 heteroatoms. The fourth-order valence-electron chi connectivity index (χ4n) is 3.41. The number of halogens is 1. The fraction of sp³-hybridized carbons (Fsp3) is 0.867. The molecule has 2 fully saturated rings. The van der Waals surface area contributed by atoms with Crippen molar-refractivity contribution in [3.8, 4) is 0 Å². The third-order valence-corrected chi connectivity index (χ3v) is 4.46. The molecule has 0 N–H and O–H groups in total. The van der Waals surface area contributed by atoms with E-state index in [1.165, 1.54) is 6.42 Å². The summed E-state index contributed by atoms with van der Waals surface area (Å²) in [6, 6.07) is -0.244. The van der Waals surface area contributed by atoms with Crippen LogP contribution in [-0.4, -0.2) is 40.3 Å². The van der Waals surface area contributed by atoms with Crippen LogP contribution in [0.2, 0.25) is 0 Å². The minimum atomic E-state index is -0.543. The van der Waals surface area contributed by atoms with E-state index in [0.29, 0.717) is 5.92 Å². The Bertz CT molecular complexity index is 391. The molecule has 1 aliphatic carbocycles. The average molecular weight is 302 g/mol. The van der Waals surface area contributed by atoms with Crippen LogP contribution in [0.3, 0.4) is 0 Å². The van der Waals surface area contributed by atoms with Gasteiger partial charge < -0.3 is 4.74 Å². The number of hydrogen-bond acceptors (Lipinski definition) is 3. The lowest BCUT2D eigenvalue weighted by molar-refractivity contribution is -0.121. The van der Waals surface area contributed by atoms with Gasteiger partial charge >= 0.3 is 6.09 Å². The van der Waals surface area contributed by atoms with Gasteiger partial charge in [-0.25, -0.2) is 4.79 Å². The number of likely N-dealkylation sites (tertiary alicyclic amines) is 1. The summed E-state index contributed by atoms with van der Waals surface area (Å²) < 4.78 is 5.49. The van der Waals surface area contributed by atoms with E-state index in [0.717, 1.165) is 25.7 Å². The maximum Gasteiger partial charge on any atom is 0.411 e. The molecule has 0 aromatic carbocycles. The molecule has 0 aromatic rings. The molecular formula is C15H24ClNO3. The Kier molecular flexibility index (Phi) is 4.62. The molecule has 0 radical (unpaired) electrons. The van der Waals surface area contributed by atoms with Crippen LogP contribution in [0.5, 0.6) is 0 Å². The number of nitrogens with zero attached hydrogens (tertiary/aromatic N) is 1. The Morgan fingerprint density at radius 2 is 1.90 bits per heavy atom. The molecule has 2 unspecified atom stereocenters. The molecule has 1 heterocycles. The highest BCUT2D eigenvalue weighted by molar-refractivity contribution is 6.28. The molecule has 3 atom stereocenters. The standard InChI is InChI=1S/C15H24ClNO3/c1-15(2,3)20-14(19)17-11-7-5-4-6-10(11)8-12(17)13(18)9-16/h10-12H,4-9H2,1-3H3/t10?,11?,12-/m1/s1. The van der Waals surface area contributed by atoms with Crippen LogP contribution in [0.15, 0.2) is 0 Å². The predicted octanol–water partition coefficient (Wildman–Crippen LogP) is 3.36. The van der Waals surface area contributed by atoms with E-state index < -0.39 is 11.6 Å².